The molecule has 0 radical (unpaired) electrons. The lowest BCUT2D eigenvalue weighted by Gasteiger charge is -2.54. The third-order valence-corrected chi connectivity index (χ3v) is 7.74. The molecule has 2 heteroatoms. The smallest absolute Gasteiger partial charge is 0.309 e. The van der Waals surface area contributed by atoms with Crippen LogP contribution in [0.3, 0.4) is 0 Å². The van der Waals surface area contributed by atoms with E-state index in [-0.39, 0.29) is 28.1 Å². The largest absolute Gasteiger partial charge is 0.458 e. The van der Waals surface area contributed by atoms with Gasteiger partial charge in [0.2, 0.25) is 0 Å². The maximum Gasteiger partial charge on any atom is 0.309 e. The minimum Gasteiger partial charge on any atom is -0.458 e. The SMILES string of the molecule is CCC(CC(C)C)C(=O)OC1(C(C)(C)C)CC(CC)C(C)(C)C1(C)C. The van der Waals surface area contributed by atoms with Crippen molar-refractivity contribution in [1.82, 2.24) is 0 Å². The van der Waals surface area contributed by atoms with E-state index in [9.17, 15) is 4.79 Å². The van der Waals surface area contributed by atoms with Crippen LogP contribution in [0.25, 0.3) is 0 Å². The Kier molecular flexibility index (Phi) is 6.51. The summed E-state index contributed by atoms with van der Waals surface area (Å²) in [5.74, 6) is 1.12. The molecular formula is C23H44O2. The summed E-state index contributed by atoms with van der Waals surface area (Å²) in [6.45, 7) is 24.9. The Bertz CT molecular complexity index is 467. The molecule has 0 aliphatic heterocycles. The second-order valence-electron chi connectivity index (χ2n) is 10.9. The molecule has 0 aromatic heterocycles. The number of ether oxygens (including phenoxy) is 1. The fourth-order valence-corrected chi connectivity index (χ4v) is 5.36. The summed E-state index contributed by atoms with van der Waals surface area (Å²) in [7, 11) is 0. The lowest BCUT2D eigenvalue weighted by molar-refractivity contribution is -0.205. The predicted octanol–water partition coefficient (Wildman–Crippen LogP) is 6.87. The highest BCUT2D eigenvalue weighted by molar-refractivity contribution is 5.73. The van der Waals surface area contributed by atoms with Crippen molar-refractivity contribution >= 4 is 5.97 Å². The van der Waals surface area contributed by atoms with E-state index in [1.165, 1.54) is 0 Å². The van der Waals surface area contributed by atoms with Gasteiger partial charge in [-0.3, -0.25) is 4.79 Å². The molecule has 0 bridgehead atoms. The van der Waals surface area contributed by atoms with Gasteiger partial charge in [0.05, 0.1) is 5.92 Å². The summed E-state index contributed by atoms with van der Waals surface area (Å²) < 4.78 is 6.56. The van der Waals surface area contributed by atoms with Crippen LogP contribution >= 0.6 is 0 Å². The van der Waals surface area contributed by atoms with E-state index < -0.39 is 5.60 Å². The standard InChI is InChI=1S/C23H44O2/c1-12-17(14-16(3)4)19(24)25-23(20(5,6)7)15-18(13-2)21(8,9)22(23,10)11/h16-18H,12-15H2,1-11H3. The molecule has 3 atom stereocenters. The van der Waals surface area contributed by atoms with Crippen LogP contribution in [0.2, 0.25) is 0 Å². The van der Waals surface area contributed by atoms with Gasteiger partial charge in [-0.2, -0.15) is 0 Å². The van der Waals surface area contributed by atoms with Gasteiger partial charge in [0.25, 0.3) is 0 Å². The molecule has 2 nitrogen and oxygen atoms in total. The molecule has 0 spiro atoms. The maximum absolute atomic E-state index is 13.2. The fraction of sp³-hybridized carbons (Fsp3) is 0.957. The van der Waals surface area contributed by atoms with E-state index >= 15 is 0 Å². The summed E-state index contributed by atoms with van der Waals surface area (Å²) in [5, 5.41) is 0. The average Bonchev–Trinajstić information content (AvgIpc) is 2.61. The molecular weight excluding hydrogens is 308 g/mol. The first kappa shape index (κ1) is 22.5. The summed E-state index contributed by atoms with van der Waals surface area (Å²) in [6, 6.07) is 0. The quantitative estimate of drug-likeness (QED) is 0.487. The third-order valence-electron chi connectivity index (χ3n) is 7.74. The predicted molar refractivity (Wildman–Crippen MR) is 107 cm³/mol. The van der Waals surface area contributed by atoms with Gasteiger partial charge in [-0.1, -0.05) is 82.6 Å². The van der Waals surface area contributed by atoms with E-state index in [0.717, 1.165) is 25.7 Å². The Morgan fingerprint density at radius 1 is 1.12 bits per heavy atom. The van der Waals surface area contributed by atoms with Gasteiger partial charge in [0, 0.05) is 10.8 Å². The molecule has 3 unspecified atom stereocenters. The number of carbonyl (C=O) groups excluding carboxylic acids is 1. The summed E-state index contributed by atoms with van der Waals surface area (Å²) in [4.78, 5) is 13.2. The van der Waals surface area contributed by atoms with Crippen molar-refractivity contribution in [2.75, 3.05) is 0 Å². The van der Waals surface area contributed by atoms with Crippen molar-refractivity contribution in [1.29, 1.82) is 0 Å². The van der Waals surface area contributed by atoms with E-state index in [1.807, 2.05) is 0 Å². The Hall–Kier alpha value is -0.530. The molecule has 0 saturated heterocycles. The highest BCUT2D eigenvalue weighted by atomic mass is 16.6. The minimum absolute atomic E-state index is 0.0128. The lowest BCUT2D eigenvalue weighted by atomic mass is 9.56. The number of rotatable bonds is 6. The Labute approximate surface area is 157 Å². The fourth-order valence-electron chi connectivity index (χ4n) is 5.36. The van der Waals surface area contributed by atoms with Crippen molar-refractivity contribution in [3.8, 4) is 0 Å². The maximum atomic E-state index is 13.2. The van der Waals surface area contributed by atoms with E-state index in [0.29, 0.717) is 11.8 Å². The van der Waals surface area contributed by atoms with Crippen LogP contribution in [0.5, 0.6) is 0 Å². The van der Waals surface area contributed by atoms with Gasteiger partial charge >= 0.3 is 5.97 Å². The highest BCUT2D eigenvalue weighted by Gasteiger charge is 2.68. The topological polar surface area (TPSA) is 26.3 Å². The molecule has 0 N–H and O–H groups in total. The van der Waals surface area contributed by atoms with Gasteiger partial charge in [-0.15, -0.1) is 0 Å². The molecule has 1 rings (SSSR count). The normalized spacial score (nSPS) is 29.7. The Morgan fingerprint density at radius 2 is 1.64 bits per heavy atom. The summed E-state index contributed by atoms with van der Waals surface area (Å²) in [6.07, 6.45) is 3.88. The van der Waals surface area contributed by atoms with Crippen LogP contribution < -0.4 is 0 Å². The van der Waals surface area contributed by atoms with Crippen LogP contribution in [-0.4, -0.2) is 11.6 Å². The van der Waals surface area contributed by atoms with Gasteiger partial charge in [0.1, 0.15) is 5.60 Å². The number of hydrogen-bond acceptors (Lipinski definition) is 2. The zero-order chi connectivity index (χ0) is 19.8. The first-order chi connectivity index (χ1) is 11.2. The molecule has 0 amide bonds. The van der Waals surface area contributed by atoms with Crippen LogP contribution in [-0.2, 0) is 9.53 Å². The summed E-state index contributed by atoms with van der Waals surface area (Å²) in [5.41, 5.74) is -0.463. The second kappa shape index (κ2) is 7.24. The molecule has 1 aliphatic carbocycles. The van der Waals surface area contributed by atoms with E-state index in [2.05, 4.69) is 76.2 Å². The Balaban J connectivity index is 3.33. The van der Waals surface area contributed by atoms with Crippen LogP contribution in [0, 0.1) is 34.0 Å². The average molecular weight is 353 g/mol. The van der Waals surface area contributed by atoms with Gasteiger partial charge in [-0.25, -0.2) is 0 Å². The van der Waals surface area contributed by atoms with Gasteiger partial charge < -0.3 is 4.74 Å². The van der Waals surface area contributed by atoms with Gasteiger partial charge in [-0.05, 0) is 36.5 Å². The van der Waals surface area contributed by atoms with E-state index in [1.54, 1.807) is 0 Å². The molecule has 1 saturated carbocycles. The van der Waals surface area contributed by atoms with Crippen molar-refractivity contribution in [2.45, 2.75) is 107 Å². The summed E-state index contributed by atoms with van der Waals surface area (Å²) >= 11 is 0. The highest BCUT2D eigenvalue weighted by Crippen LogP contribution is 2.67. The van der Waals surface area contributed by atoms with Crippen molar-refractivity contribution in [2.24, 2.45) is 34.0 Å². The molecule has 1 aliphatic rings. The third kappa shape index (κ3) is 3.65. The van der Waals surface area contributed by atoms with Crippen LogP contribution in [0.4, 0.5) is 0 Å². The minimum atomic E-state index is -0.425. The number of esters is 1. The van der Waals surface area contributed by atoms with Crippen molar-refractivity contribution in [3.05, 3.63) is 0 Å². The second-order valence-corrected chi connectivity index (χ2v) is 10.9. The zero-order valence-electron chi connectivity index (χ0n) is 18.9. The number of carbonyl (C=O) groups is 1. The molecule has 148 valence electrons. The molecule has 0 aromatic carbocycles. The molecule has 0 heterocycles. The first-order valence-corrected chi connectivity index (χ1v) is 10.4. The van der Waals surface area contributed by atoms with Crippen LogP contribution in [0.1, 0.15) is 102 Å². The molecule has 0 aromatic rings. The number of hydrogen-bond donors (Lipinski definition) is 0. The first-order valence-electron chi connectivity index (χ1n) is 10.4. The van der Waals surface area contributed by atoms with Gasteiger partial charge in [0.15, 0.2) is 0 Å². The monoisotopic (exact) mass is 352 g/mol. The molecule has 1 fully saturated rings. The Morgan fingerprint density at radius 3 is 1.96 bits per heavy atom. The van der Waals surface area contributed by atoms with E-state index in [4.69, 9.17) is 4.74 Å². The molecule has 25 heavy (non-hydrogen) atoms. The van der Waals surface area contributed by atoms with Crippen molar-refractivity contribution < 1.29 is 9.53 Å². The zero-order valence-corrected chi connectivity index (χ0v) is 18.9. The lowest BCUT2D eigenvalue weighted by Crippen LogP contribution is -2.57. The van der Waals surface area contributed by atoms with Crippen molar-refractivity contribution in [3.63, 3.8) is 0 Å². The van der Waals surface area contributed by atoms with Crippen LogP contribution in [0.15, 0.2) is 0 Å².